The van der Waals surface area contributed by atoms with Gasteiger partial charge in [-0.1, -0.05) is 41.6 Å². The fraction of sp³-hybridized carbons (Fsp3) is 0.118. The van der Waals surface area contributed by atoms with E-state index in [9.17, 15) is 0 Å². The third kappa shape index (κ3) is 2.81. The third-order valence-electron chi connectivity index (χ3n) is 3.21. The van der Waals surface area contributed by atoms with E-state index in [1.165, 1.54) is 0 Å². The van der Waals surface area contributed by atoms with Crippen LogP contribution >= 0.6 is 0 Å². The molecule has 0 unspecified atom stereocenters. The quantitative estimate of drug-likeness (QED) is 0.735. The van der Waals surface area contributed by atoms with Gasteiger partial charge in [0.1, 0.15) is 11.8 Å². The summed E-state index contributed by atoms with van der Waals surface area (Å²) in [4.78, 5) is 4.33. The van der Waals surface area contributed by atoms with E-state index in [2.05, 4.69) is 16.2 Å². The molecule has 108 valence electrons. The predicted octanol–water partition coefficient (Wildman–Crippen LogP) is 3.50. The summed E-state index contributed by atoms with van der Waals surface area (Å²) in [5.74, 6) is 1.40. The number of aryl methyl sites for hydroxylation is 1. The average molecular weight is 291 g/mol. The zero-order chi connectivity index (χ0) is 15.4. The minimum atomic E-state index is 0.123. The molecule has 0 saturated carbocycles. The van der Waals surface area contributed by atoms with Gasteiger partial charge in [-0.25, -0.2) is 0 Å². The highest BCUT2D eigenvalue weighted by atomic mass is 16.5. The van der Waals surface area contributed by atoms with E-state index >= 15 is 0 Å². The summed E-state index contributed by atoms with van der Waals surface area (Å²) in [6, 6.07) is 16.9. The molecule has 0 spiro atoms. The smallest absolute Gasteiger partial charge is 0.264 e. The standard InChI is InChI=1S/C17H13N3O2/c1-12-6-2-4-8-14(12)17-19-16(22-20-17)11-21-15-9-5-3-7-13(15)10-18/h2-9H,11H2,1H3. The number of nitrogens with zero attached hydrogens (tertiary/aromatic N) is 3. The number of nitriles is 1. The van der Waals surface area contributed by atoms with E-state index in [-0.39, 0.29) is 6.61 Å². The average Bonchev–Trinajstić information content (AvgIpc) is 3.02. The number of para-hydroxylation sites is 1. The van der Waals surface area contributed by atoms with E-state index in [1.54, 1.807) is 18.2 Å². The van der Waals surface area contributed by atoms with Crippen LogP contribution in [0.4, 0.5) is 0 Å². The number of rotatable bonds is 4. The van der Waals surface area contributed by atoms with E-state index in [4.69, 9.17) is 14.5 Å². The number of aromatic nitrogens is 2. The van der Waals surface area contributed by atoms with Gasteiger partial charge in [0.05, 0.1) is 5.56 Å². The van der Waals surface area contributed by atoms with Crippen LogP contribution in [0.3, 0.4) is 0 Å². The molecule has 0 saturated heterocycles. The molecule has 0 aliphatic heterocycles. The molecular weight excluding hydrogens is 278 g/mol. The molecule has 1 heterocycles. The lowest BCUT2D eigenvalue weighted by Crippen LogP contribution is -1.97. The van der Waals surface area contributed by atoms with Gasteiger partial charge < -0.3 is 9.26 Å². The number of ether oxygens (including phenoxy) is 1. The first-order valence-electron chi connectivity index (χ1n) is 6.78. The van der Waals surface area contributed by atoms with Crippen LogP contribution in [0.15, 0.2) is 53.1 Å². The van der Waals surface area contributed by atoms with E-state index < -0.39 is 0 Å². The number of hydrogen-bond acceptors (Lipinski definition) is 5. The summed E-state index contributed by atoms with van der Waals surface area (Å²) >= 11 is 0. The van der Waals surface area contributed by atoms with Gasteiger partial charge >= 0.3 is 0 Å². The van der Waals surface area contributed by atoms with Crippen molar-refractivity contribution >= 4 is 0 Å². The summed E-state index contributed by atoms with van der Waals surface area (Å²) in [7, 11) is 0. The van der Waals surface area contributed by atoms with Crippen molar-refractivity contribution in [1.29, 1.82) is 5.26 Å². The molecule has 0 N–H and O–H groups in total. The van der Waals surface area contributed by atoms with Gasteiger partial charge in [0, 0.05) is 5.56 Å². The van der Waals surface area contributed by atoms with E-state index in [0.29, 0.717) is 23.0 Å². The van der Waals surface area contributed by atoms with Crippen LogP contribution in [0.1, 0.15) is 17.0 Å². The Morgan fingerprint density at radius 2 is 1.91 bits per heavy atom. The van der Waals surface area contributed by atoms with Crippen LogP contribution in [-0.2, 0) is 6.61 Å². The fourth-order valence-electron chi connectivity index (χ4n) is 2.07. The second-order valence-corrected chi connectivity index (χ2v) is 4.72. The summed E-state index contributed by atoms with van der Waals surface area (Å²) in [5.41, 5.74) is 2.47. The van der Waals surface area contributed by atoms with Gasteiger partial charge in [0.2, 0.25) is 5.82 Å². The molecular formula is C17H13N3O2. The van der Waals surface area contributed by atoms with Crippen molar-refractivity contribution in [1.82, 2.24) is 10.1 Å². The Kier molecular flexibility index (Phi) is 3.84. The summed E-state index contributed by atoms with van der Waals surface area (Å²) in [6.45, 7) is 2.11. The second kappa shape index (κ2) is 6.10. The molecule has 22 heavy (non-hydrogen) atoms. The Morgan fingerprint density at radius 1 is 1.14 bits per heavy atom. The topological polar surface area (TPSA) is 71.9 Å². The Hall–Kier alpha value is -3.13. The molecule has 3 rings (SSSR count). The number of benzene rings is 2. The van der Waals surface area contributed by atoms with Gasteiger partial charge in [-0.15, -0.1) is 0 Å². The van der Waals surface area contributed by atoms with Crippen molar-refractivity contribution < 1.29 is 9.26 Å². The summed E-state index contributed by atoms with van der Waals surface area (Å²) in [6.07, 6.45) is 0. The lowest BCUT2D eigenvalue weighted by molar-refractivity contribution is 0.242. The Bertz CT molecular complexity index is 834. The molecule has 3 aromatic rings. The largest absolute Gasteiger partial charge is 0.482 e. The maximum absolute atomic E-state index is 9.02. The van der Waals surface area contributed by atoms with Crippen molar-refractivity contribution in [3.8, 4) is 23.2 Å². The fourth-order valence-corrected chi connectivity index (χ4v) is 2.07. The van der Waals surface area contributed by atoms with Crippen molar-refractivity contribution in [2.24, 2.45) is 0 Å². The van der Waals surface area contributed by atoms with Gasteiger partial charge in [-0.3, -0.25) is 0 Å². The minimum Gasteiger partial charge on any atom is -0.482 e. The van der Waals surface area contributed by atoms with Gasteiger partial charge in [0.15, 0.2) is 6.61 Å². The Morgan fingerprint density at radius 3 is 2.73 bits per heavy atom. The lowest BCUT2D eigenvalue weighted by Gasteiger charge is -2.04. The molecule has 5 nitrogen and oxygen atoms in total. The molecule has 0 aliphatic carbocycles. The molecule has 0 aliphatic rings. The van der Waals surface area contributed by atoms with Crippen LogP contribution in [0.5, 0.6) is 5.75 Å². The highest BCUT2D eigenvalue weighted by molar-refractivity contribution is 5.58. The Labute approximate surface area is 127 Å². The highest BCUT2D eigenvalue weighted by Crippen LogP contribution is 2.21. The van der Waals surface area contributed by atoms with Gasteiger partial charge in [-0.05, 0) is 24.6 Å². The molecule has 5 heteroatoms. The van der Waals surface area contributed by atoms with Crippen LogP contribution in [0.25, 0.3) is 11.4 Å². The van der Waals surface area contributed by atoms with Crippen LogP contribution in [0, 0.1) is 18.3 Å². The number of hydrogen-bond donors (Lipinski definition) is 0. The summed E-state index contributed by atoms with van der Waals surface area (Å²) < 4.78 is 10.8. The van der Waals surface area contributed by atoms with Crippen LogP contribution in [-0.4, -0.2) is 10.1 Å². The normalized spacial score (nSPS) is 10.2. The van der Waals surface area contributed by atoms with Gasteiger partial charge in [0.25, 0.3) is 5.89 Å². The van der Waals surface area contributed by atoms with E-state index in [1.807, 2.05) is 37.3 Å². The van der Waals surface area contributed by atoms with Crippen molar-refractivity contribution in [2.75, 3.05) is 0 Å². The summed E-state index contributed by atoms with van der Waals surface area (Å²) in [5, 5.41) is 13.0. The van der Waals surface area contributed by atoms with Crippen LogP contribution in [0.2, 0.25) is 0 Å². The van der Waals surface area contributed by atoms with Crippen molar-refractivity contribution in [3.63, 3.8) is 0 Å². The zero-order valence-corrected chi connectivity index (χ0v) is 12.0. The first-order chi connectivity index (χ1) is 10.8. The molecule has 0 amide bonds. The first-order valence-corrected chi connectivity index (χ1v) is 6.78. The molecule has 0 atom stereocenters. The Balaban J connectivity index is 1.76. The second-order valence-electron chi connectivity index (χ2n) is 4.72. The monoisotopic (exact) mass is 291 g/mol. The first kappa shape index (κ1) is 13.8. The maximum Gasteiger partial charge on any atom is 0.264 e. The molecule has 1 aromatic heterocycles. The van der Waals surface area contributed by atoms with E-state index in [0.717, 1.165) is 11.1 Å². The molecule has 2 aromatic carbocycles. The maximum atomic E-state index is 9.02. The zero-order valence-electron chi connectivity index (χ0n) is 12.0. The lowest BCUT2D eigenvalue weighted by atomic mass is 10.1. The van der Waals surface area contributed by atoms with Crippen molar-refractivity contribution in [2.45, 2.75) is 13.5 Å². The SMILES string of the molecule is Cc1ccccc1-c1noc(COc2ccccc2C#N)n1. The highest BCUT2D eigenvalue weighted by Gasteiger charge is 2.11. The van der Waals surface area contributed by atoms with Gasteiger partial charge in [-0.2, -0.15) is 10.2 Å². The predicted molar refractivity (Wildman–Crippen MR) is 80.0 cm³/mol. The minimum absolute atomic E-state index is 0.123. The van der Waals surface area contributed by atoms with Crippen molar-refractivity contribution in [3.05, 3.63) is 65.5 Å². The molecule has 0 radical (unpaired) electrons. The molecule has 0 bridgehead atoms. The molecule has 0 fully saturated rings. The third-order valence-corrected chi connectivity index (χ3v) is 3.21. The van der Waals surface area contributed by atoms with Crippen LogP contribution < -0.4 is 4.74 Å².